The van der Waals surface area contributed by atoms with Crippen LogP contribution in [-0.4, -0.2) is 40.3 Å². The van der Waals surface area contributed by atoms with E-state index in [9.17, 15) is 13.2 Å². The van der Waals surface area contributed by atoms with Crippen molar-refractivity contribution >= 4 is 21.4 Å². The smallest absolute Gasteiger partial charge is 0.251 e. The van der Waals surface area contributed by atoms with Crippen LogP contribution in [0.1, 0.15) is 23.7 Å². The Bertz CT molecular complexity index is 570. The van der Waals surface area contributed by atoms with Crippen LogP contribution in [0.15, 0.2) is 23.1 Å². The maximum Gasteiger partial charge on any atom is 0.251 e. The Morgan fingerprint density at radius 3 is 2.65 bits per heavy atom. The van der Waals surface area contributed by atoms with E-state index in [0.29, 0.717) is 26.2 Å². The van der Waals surface area contributed by atoms with Gasteiger partial charge in [-0.05, 0) is 31.5 Å². The number of nitrogens with one attached hydrogen (secondary N) is 1. The summed E-state index contributed by atoms with van der Waals surface area (Å²) >= 11 is 0. The van der Waals surface area contributed by atoms with Gasteiger partial charge in [-0.25, -0.2) is 8.42 Å². The number of hydrogen-bond donors (Lipinski definition) is 2. The summed E-state index contributed by atoms with van der Waals surface area (Å²) in [7, 11) is -3.39. The molecule has 0 fully saturated rings. The maximum atomic E-state index is 11.9. The molecule has 1 amide bonds. The van der Waals surface area contributed by atoms with Gasteiger partial charge in [0, 0.05) is 37.3 Å². The first-order chi connectivity index (χ1) is 9.34. The Morgan fingerprint density at radius 2 is 2.05 bits per heavy atom. The number of hydrogen-bond acceptors (Lipinski definition) is 5. The van der Waals surface area contributed by atoms with Gasteiger partial charge in [0.05, 0.1) is 4.90 Å². The average Bonchev–Trinajstić information content (AvgIpc) is 2.36. The summed E-state index contributed by atoms with van der Waals surface area (Å²) in [5.41, 5.74) is 6.10. The van der Waals surface area contributed by atoms with Gasteiger partial charge in [-0.2, -0.15) is 0 Å². The fourth-order valence-corrected chi connectivity index (χ4v) is 2.28. The molecule has 0 aliphatic carbocycles. The highest BCUT2D eigenvalue weighted by molar-refractivity contribution is 7.90. The van der Waals surface area contributed by atoms with Crippen LogP contribution in [0.4, 0.5) is 5.69 Å². The van der Waals surface area contributed by atoms with E-state index in [1.165, 1.54) is 18.2 Å². The first kappa shape index (κ1) is 16.5. The van der Waals surface area contributed by atoms with Crippen molar-refractivity contribution < 1.29 is 17.9 Å². The molecule has 1 rings (SSSR count). The van der Waals surface area contributed by atoms with Crippen LogP contribution in [0.5, 0.6) is 0 Å². The highest BCUT2D eigenvalue weighted by Gasteiger charge is 2.13. The van der Waals surface area contributed by atoms with Crippen LogP contribution in [-0.2, 0) is 14.6 Å². The second-order valence-electron chi connectivity index (χ2n) is 4.37. The number of amides is 1. The topological polar surface area (TPSA) is 98.5 Å². The number of benzene rings is 1. The Kier molecular flexibility index (Phi) is 5.97. The van der Waals surface area contributed by atoms with Crippen LogP contribution in [0.2, 0.25) is 0 Å². The number of nitrogen functional groups attached to an aromatic ring is 1. The molecule has 0 heterocycles. The van der Waals surface area contributed by atoms with Crippen molar-refractivity contribution in [1.29, 1.82) is 0 Å². The predicted molar refractivity (Wildman–Crippen MR) is 77.4 cm³/mol. The third-order valence-electron chi connectivity index (χ3n) is 2.57. The van der Waals surface area contributed by atoms with E-state index in [1.807, 2.05) is 6.92 Å². The number of carbonyl (C=O) groups excluding carboxylic acids is 1. The Hall–Kier alpha value is -1.60. The Labute approximate surface area is 119 Å². The molecule has 1 aromatic carbocycles. The molecule has 0 atom stereocenters. The third kappa shape index (κ3) is 5.18. The zero-order valence-corrected chi connectivity index (χ0v) is 12.5. The van der Waals surface area contributed by atoms with Gasteiger partial charge in [0.15, 0.2) is 9.84 Å². The average molecular weight is 300 g/mol. The molecule has 0 saturated carbocycles. The number of anilines is 1. The van der Waals surface area contributed by atoms with E-state index >= 15 is 0 Å². The van der Waals surface area contributed by atoms with E-state index < -0.39 is 9.84 Å². The zero-order chi connectivity index (χ0) is 15.2. The largest absolute Gasteiger partial charge is 0.399 e. The minimum atomic E-state index is -3.39. The molecule has 20 heavy (non-hydrogen) atoms. The van der Waals surface area contributed by atoms with Gasteiger partial charge in [0.1, 0.15) is 0 Å². The Morgan fingerprint density at radius 1 is 1.35 bits per heavy atom. The van der Waals surface area contributed by atoms with Gasteiger partial charge in [0.2, 0.25) is 0 Å². The monoisotopic (exact) mass is 300 g/mol. The van der Waals surface area contributed by atoms with Gasteiger partial charge < -0.3 is 15.8 Å². The number of ether oxygens (including phenoxy) is 1. The normalized spacial score (nSPS) is 11.3. The van der Waals surface area contributed by atoms with Crippen molar-refractivity contribution in [2.45, 2.75) is 18.2 Å². The quantitative estimate of drug-likeness (QED) is 0.574. The summed E-state index contributed by atoms with van der Waals surface area (Å²) in [6.07, 6.45) is 1.77. The predicted octanol–water partition coefficient (Wildman–Crippen LogP) is 0.829. The van der Waals surface area contributed by atoms with Crippen LogP contribution in [0, 0.1) is 0 Å². The Balaban J connectivity index is 2.71. The van der Waals surface area contributed by atoms with Crippen molar-refractivity contribution in [3.05, 3.63) is 23.8 Å². The summed E-state index contributed by atoms with van der Waals surface area (Å²) < 4.78 is 28.1. The molecule has 1 aromatic rings. The number of rotatable bonds is 7. The summed E-state index contributed by atoms with van der Waals surface area (Å²) in [5, 5.41) is 2.69. The van der Waals surface area contributed by atoms with Crippen LogP contribution < -0.4 is 11.1 Å². The minimum absolute atomic E-state index is 0.0389. The molecule has 0 unspecified atom stereocenters. The summed E-state index contributed by atoms with van der Waals surface area (Å²) in [5.74, 6) is -0.348. The molecule has 112 valence electrons. The highest BCUT2D eigenvalue weighted by Crippen LogP contribution is 2.16. The lowest BCUT2D eigenvalue weighted by molar-refractivity contribution is 0.0944. The van der Waals surface area contributed by atoms with Crippen molar-refractivity contribution in [1.82, 2.24) is 5.32 Å². The summed E-state index contributed by atoms with van der Waals surface area (Å²) in [6, 6.07) is 4.11. The number of carbonyl (C=O) groups is 1. The summed E-state index contributed by atoms with van der Waals surface area (Å²) in [4.78, 5) is 11.9. The SMILES string of the molecule is CCOCCCNC(=O)c1cc(N)cc(S(C)(=O)=O)c1. The van der Waals surface area contributed by atoms with Crippen LogP contribution in [0.3, 0.4) is 0 Å². The molecular weight excluding hydrogens is 280 g/mol. The van der Waals surface area contributed by atoms with E-state index in [0.717, 1.165) is 6.26 Å². The second-order valence-corrected chi connectivity index (χ2v) is 6.39. The van der Waals surface area contributed by atoms with Gasteiger partial charge in [-0.3, -0.25) is 4.79 Å². The van der Waals surface area contributed by atoms with Crippen LogP contribution >= 0.6 is 0 Å². The molecule has 0 aliphatic heterocycles. The molecule has 0 radical (unpaired) electrons. The van der Waals surface area contributed by atoms with Crippen molar-refractivity contribution in [3.63, 3.8) is 0 Å². The fourth-order valence-electron chi connectivity index (χ4n) is 1.59. The highest BCUT2D eigenvalue weighted by atomic mass is 32.2. The molecule has 0 spiro atoms. The first-order valence-corrected chi connectivity index (χ1v) is 8.20. The molecular formula is C13H20N2O4S. The molecule has 7 heteroatoms. The maximum absolute atomic E-state index is 11.9. The van der Waals surface area contributed by atoms with Gasteiger partial charge >= 0.3 is 0 Å². The lowest BCUT2D eigenvalue weighted by atomic mass is 10.2. The molecule has 6 nitrogen and oxygen atoms in total. The van der Waals surface area contributed by atoms with Gasteiger partial charge in [0.25, 0.3) is 5.91 Å². The molecule has 3 N–H and O–H groups in total. The number of nitrogens with two attached hydrogens (primary N) is 1. The van der Waals surface area contributed by atoms with E-state index in [1.54, 1.807) is 0 Å². The van der Waals surface area contributed by atoms with E-state index in [4.69, 9.17) is 10.5 Å². The molecule has 0 saturated heterocycles. The van der Waals surface area contributed by atoms with Crippen molar-refractivity contribution in [3.8, 4) is 0 Å². The fraction of sp³-hybridized carbons (Fsp3) is 0.462. The zero-order valence-electron chi connectivity index (χ0n) is 11.7. The van der Waals surface area contributed by atoms with Gasteiger partial charge in [-0.15, -0.1) is 0 Å². The summed E-state index contributed by atoms with van der Waals surface area (Å²) in [6.45, 7) is 3.57. The van der Waals surface area contributed by atoms with Crippen molar-refractivity contribution in [2.75, 3.05) is 31.7 Å². The van der Waals surface area contributed by atoms with Crippen molar-refractivity contribution in [2.24, 2.45) is 0 Å². The molecule has 0 aromatic heterocycles. The van der Waals surface area contributed by atoms with E-state index in [2.05, 4.69) is 5.32 Å². The lowest BCUT2D eigenvalue weighted by Crippen LogP contribution is -2.25. The lowest BCUT2D eigenvalue weighted by Gasteiger charge is -2.08. The van der Waals surface area contributed by atoms with E-state index in [-0.39, 0.29) is 22.1 Å². The molecule has 0 bridgehead atoms. The third-order valence-corrected chi connectivity index (χ3v) is 3.67. The first-order valence-electron chi connectivity index (χ1n) is 6.31. The minimum Gasteiger partial charge on any atom is -0.399 e. The second kappa shape index (κ2) is 7.25. The standard InChI is InChI=1S/C13H20N2O4S/c1-3-19-6-4-5-15-13(16)10-7-11(14)9-12(8-10)20(2,17)18/h7-9H,3-6,14H2,1-2H3,(H,15,16). The number of sulfone groups is 1. The van der Waals surface area contributed by atoms with Crippen LogP contribution in [0.25, 0.3) is 0 Å². The molecule has 0 aliphatic rings. The van der Waals surface area contributed by atoms with Gasteiger partial charge in [-0.1, -0.05) is 0 Å².